The molecule has 24 heavy (non-hydrogen) atoms. The molecule has 1 spiro atoms. The molecule has 2 N–H and O–H groups in total. The molecule has 0 radical (unpaired) electrons. The van der Waals surface area contributed by atoms with Crippen molar-refractivity contribution < 1.29 is 18.4 Å². The summed E-state index contributed by atoms with van der Waals surface area (Å²) in [6.07, 6.45) is 4.85. The van der Waals surface area contributed by atoms with E-state index >= 15 is 0 Å². The van der Waals surface area contributed by atoms with Gasteiger partial charge in [-0.15, -0.1) is 0 Å². The summed E-state index contributed by atoms with van der Waals surface area (Å²) in [4.78, 5) is 14.0. The molecule has 0 aromatic carbocycles. The molecule has 4 fully saturated rings. The third-order valence-electron chi connectivity index (χ3n) is 5.24. The van der Waals surface area contributed by atoms with Crippen LogP contribution in [-0.2, 0) is 4.84 Å². The molecule has 132 valence electrons. The van der Waals surface area contributed by atoms with E-state index < -0.39 is 13.0 Å². The lowest BCUT2D eigenvalue weighted by Crippen LogP contribution is -2.50. The molecule has 1 atom stereocenters. The largest absolute Gasteiger partial charge is 0.471 e. The van der Waals surface area contributed by atoms with Gasteiger partial charge in [-0.1, -0.05) is 0 Å². The van der Waals surface area contributed by atoms with Gasteiger partial charge in [0, 0.05) is 12.6 Å². The Kier molecular flexibility index (Phi) is 4.23. The topological polar surface area (TPSA) is 71.5 Å². The second-order valence-corrected chi connectivity index (χ2v) is 6.76. The number of hydrazine groups is 2. The number of halogens is 2. The quantitative estimate of drug-likeness (QED) is 0.850. The lowest BCUT2D eigenvalue weighted by Gasteiger charge is -2.47. The number of aromatic nitrogens is 2. The Morgan fingerprint density at radius 1 is 1.38 bits per heavy atom. The van der Waals surface area contributed by atoms with Crippen LogP contribution < -0.4 is 15.6 Å². The molecule has 0 unspecified atom stereocenters. The lowest BCUT2D eigenvalue weighted by atomic mass is 9.62. The van der Waals surface area contributed by atoms with Gasteiger partial charge in [0.15, 0.2) is 12.4 Å². The summed E-state index contributed by atoms with van der Waals surface area (Å²) in [5, 5.41) is 1.47. The van der Waals surface area contributed by atoms with Crippen molar-refractivity contribution in [2.24, 2.45) is 11.8 Å². The second kappa shape index (κ2) is 6.38. The monoisotopic (exact) mass is 341 g/mol. The van der Waals surface area contributed by atoms with Crippen LogP contribution in [0.15, 0.2) is 12.4 Å². The fraction of sp³-hybridized carbons (Fsp3) is 0.733. The molecule has 9 heteroatoms. The van der Waals surface area contributed by atoms with E-state index in [4.69, 9.17) is 9.57 Å². The lowest BCUT2D eigenvalue weighted by molar-refractivity contribution is -0.235. The van der Waals surface area contributed by atoms with E-state index in [-0.39, 0.29) is 11.5 Å². The first-order chi connectivity index (χ1) is 11.6. The molecule has 1 aromatic heterocycles. The molecule has 2 bridgehead atoms. The molecule has 7 nitrogen and oxygen atoms in total. The van der Waals surface area contributed by atoms with E-state index in [1.165, 1.54) is 43.4 Å². The SMILES string of the molecule is FC(F)COc1cc(NN2NC[C@]3(CC4CCC3CC4)O2)ncn1. The van der Waals surface area contributed by atoms with E-state index in [1.54, 1.807) is 0 Å². The first-order valence-corrected chi connectivity index (χ1v) is 8.35. The summed E-state index contributed by atoms with van der Waals surface area (Å²) in [6.45, 7) is 0.0715. The van der Waals surface area contributed by atoms with Gasteiger partial charge in [-0.2, -0.15) is 0 Å². The minimum atomic E-state index is -2.54. The van der Waals surface area contributed by atoms with Crippen molar-refractivity contribution in [3.8, 4) is 5.88 Å². The number of fused-ring (bicyclic) bond motifs is 2. The van der Waals surface area contributed by atoms with E-state index in [1.807, 2.05) is 0 Å². The van der Waals surface area contributed by atoms with Crippen LogP contribution >= 0.6 is 0 Å². The molecule has 4 aliphatic rings. The predicted molar refractivity (Wildman–Crippen MR) is 80.9 cm³/mol. The van der Waals surface area contributed by atoms with Crippen LogP contribution in [0.1, 0.15) is 32.1 Å². The number of rotatable bonds is 5. The van der Waals surface area contributed by atoms with Crippen molar-refractivity contribution in [1.29, 1.82) is 0 Å². The van der Waals surface area contributed by atoms with Crippen LogP contribution in [0.25, 0.3) is 0 Å². The maximum absolute atomic E-state index is 12.2. The maximum atomic E-state index is 12.2. The Labute approximate surface area is 138 Å². The van der Waals surface area contributed by atoms with Gasteiger partial charge in [0.2, 0.25) is 5.88 Å². The van der Waals surface area contributed by atoms with Gasteiger partial charge in [-0.05, 0) is 49.2 Å². The predicted octanol–water partition coefficient (Wildman–Crippen LogP) is 2.15. The van der Waals surface area contributed by atoms with Crippen molar-refractivity contribution in [1.82, 2.24) is 20.7 Å². The van der Waals surface area contributed by atoms with Gasteiger partial charge in [-0.25, -0.2) is 24.2 Å². The van der Waals surface area contributed by atoms with Crippen LogP contribution in [0.4, 0.5) is 14.6 Å². The smallest absolute Gasteiger partial charge is 0.272 e. The van der Waals surface area contributed by atoms with Crippen LogP contribution in [0.2, 0.25) is 0 Å². The van der Waals surface area contributed by atoms with Crippen LogP contribution in [0.5, 0.6) is 5.88 Å². The number of nitrogens with one attached hydrogen (secondary N) is 2. The zero-order valence-electron chi connectivity index (χ0n) is 13.3. The normalized spacial score (nSPS) is 32.6. The van der Waals surface area contributed by atoms with Gasteiger partial charge in [0.25, 0.3) is 6.43 Å². The first-order valence-electron chi connectivity index (χ1n) is 8.35. The van der Waals surface area contributed by atoms with Crippen molar-refractivity contribution in [2.75, 3.05) is 18.6 Å². The van der Waals surface area contributed by atoms with Gasteiger partial charge >= 0.3 is 0 Å². The molecule has 3 aliphatic carbocycles. The highest BCUT2D eigenvalue weighted by atomic mass is 19.3. The minimum Gasteiger partial charge on any atom is -0.471 e. The number of nitrogens with zero attached hydrogens (tertiary/aromatic N) is 3. The van der Waals surface area contributed by atoms with Crippen molar-refractivity contribution in [3.63, 3.8) is 0 Å². The molecular formula is C15H21F2N5O2. The molecule has 1 saturated heterocycles. The average Bonchev–Trinajstić information content (AvgIpc) is 2.96. The molecule has 1 aromatic rings. The van der Waals surface area contributed by atoms with Gasteiger partial charge in [0.05, 0.1) is 0 Å². The fourth-order valence-electron chi connectivity index (χ4n) is 4.12. The zero-order chi connectivity index (χ0) is 16.6. The van der Waals surface area contributed by atoms with Crippen LogP contribution in [-0.4, -0.2) is 40.4 Å². The highest BCUT2D eigenvalue weighted by molar-refractivity contribution is 5.35. The molecule has 5 rings (SSSR count). The van der Waals surface area contributed by atoms with Crippen molar-refractivity contribution in [3.05, 3.63) is 12.4 Å². The summed E-state index contributed by atoms with van der Waals surface area (Å²) in [7, 11) is 0. The highest BCUT2D eigenvalue weighted by Crippen LogP contribution is 2.50. The standard InChI is InChI=1S/C15H21F2N5O2/c16-12(17)7-23-14-5-13(18-9-19-14)21-22-20-8-15(24-22)6-10-1-3-11(15)4-2-10/h5,9-12,20H,1-4,6-8H2,(H,18,19,21)/t10?,11?,15-/m0/s1. The zero-order valence-corrected chi connectivity index (χ0v) is 13.3. The van der Waals surface area contributed by atoms with Crippen molar-refractivity contribution >= 4 is 5.82 Å². The molecular weight excluding hydrogens is 320 g/mol. The third kappa shape index (κ3) is 3.15. The van der Waals surface area contributed by atoms with Crippen LogP contribution in [0, 0.1) is 11.8 Å². The number of anilines is 1. The number of alkyl halides is 2. The fourth-order valence-corrected chi connectivity index (χ4v) is 4.12. The molecule has 3 saturated carbocycles. The summed E-state index contributed by atoms with van der Waals surface area (Å²) in [5.41, 5.74) is 6.04. The first kappa shape index (κ1) is 15.9. The van der Waals surface area contributed by atoms with Gasteiger partial charge < -0.3 is 4.74 Å². The number of hydrogen-bond acceptors (Lipinski definition) is 7. The molecule has 0 amide bonds. The summed E-state index contributed by atoms with van der Waals surface area (Å²) in [5.74, 6) is 1.85. The highest BCUT2D eigenvalue weighted by Gasteiger charge is 2.52. The average molecular weight is 341 g/mol. The second-order valence-electron chi connectivity index (χ2n) is 6.76. The van der Waals surface area contributed by atoms with E-state index in [0.29, 0.717) is 11.7 Å². The minimum absolute atomic E-state index is 0.0958. The van der Waals surface area contributed by atoms with E-state index in [9.17, 15) is 8.78 Å². The Bertz CT molecular complexity index is 585. The summed E-state index contributed by atoms with van der Waals surface area (Å²) in [6, 6.07) is 1.46. The molecule has 2 heterocycles. The van der Waals surface area contributed by atoms with Gasteiger partial charge in [-0.3, -0.25) is 10.3 Å². The van der Waals surface area contributed by atoms with Gasteiger partial charge in [0.1, 0.15) is 11.9 Å². The Hall–Kier alpha value is -1.58. The number of ether oxygens (including phenoxy) is 1. The summed E-state index contributed by atoms with van der Waals surface area (Å²) >= 11 is 0. The van der Waals surface area contributed by atoms with E-state index in [2.05, 4.69) is 20.8 Å². The maximum Gasteiger partial charge on any atom is 0.272 e. The Morgan fingerprint density at radius 3 is 2.92 bits per heavy atom. The summed E-state index contributed by atoms with van der Waals surface area (Å²) < 4.78 is 29.3. The Balaban J connectivity index is 1.37. The third-order valence-corrected chi connectivity index (χ3v) is 5.24. The van der Waals surface area contributed by atoms with Crippen LogP contribution in [0.3, 0.4) is 0 Å². The molecule has 1 aliphatic heterocycles. The number of hydrogen-bond donors (Lipinski definition) is 2. The van der Waals surface area contributed by atoms with E-state index in [0.717, 1.165) is 18.9 Å². The van der Waals surface area contributed by atoms with Crippen molar-refractivity contribution in [2.45, 2.75) is 44.1 Å². The Morgan fingerprint density at radius 2 is 2.21 bits per heavy atom.